The fourth-order valence-electron chi connectivity index (χ4n) is 2.52. The maximum absolute atomic E-state index is 12.3. The summed E-state index contributed by atoms with van der Waals surface area (Å²) in [6, 6.07) is 11.2. The van der Waals surface area contributed by atoms with E-state index in [2.05, 4.69) is 10.3 Å². The third kappa shape index (κ3) is 4.38. The van der Waals surface area contributed by atoms with Crippen LogP contribution in [0.3, 0.4) is 0 Å². The molecule has 0 bridgehead atoms. The minimum atomic E-state index is -0.275. The lowest BCUT2D eigenvalue weighted by Gasteiger charge is -2.20. The zero-order valence-corrected chi connectivity index (χ0v) is 15.0. The summed E-state index contributed by atoms with van der Waals surface area (Å²) in [6.45, 7) is 8.26. The Kier molecular flexibility index (Phi) is 4.49. The Morgan fingerprint density at radius 1 is 1.20 bits per heavy atom. The number of fused-ring (bicyclic) bond motifs is 1. The molecule has 3 aromatic rings. The maximum Gasteiger partial charge on any atom is 0.251 e. The number of pyridine rings is 1. The molecule has 0 saturated carbocycles. The number of rotatable bonds is 4. The Morgan fingerprint density at radius 2 is 2.00 bits per heavy atom. The molecule has 5 heteroatoms. The molecular weight excluding hydrogens is 314 g/mol. The number of nitrogens with zero attached hydrogens (tertiary/aromatic N) is 2. The molecule has 0 aliphatic rings. The van der Waals surface area contributed by atoms with Gasteiger partial charge in [-0.05, 0) is 57.5 Å². The second-order valence-corrected chi connectivity index (χ2v) is 7.22. The van der Waals surface area contributed by atoms with Crippen molar-refractivity contribution in [3.63, 3.8) is 0 Å². The summed E-state index contributed by atoms with van der Waals surface area (Å²) in [5.74, 6) is 0.538. The number of imidazole rings is 1. The molecule has 5 nitrogen and oxygen atoms in total. The standard InChI is InChI=1S/C20H23N3O2/c1-14-8-9-18-21-16(12-23(18)11-14)13-25-17-7-5-6-15(10-17)19(24)22-20(2,3)4/h5-12H,13H2,1-4H3,(H,22,24). The number of benzene rings is 1. The Balaban J connectivity index is 1.70. The largest absolute Gasteiger partial charge is 0.487 e. The molecule has 2 heterocycles. The van der Waals surface area contributed by atoms with Gasteiger partial charge in [-0.3, -0.25) is 4.79 Å². The summed E-state index contributed by atoms with van der Waals surface area (Å²) in [5.41, 5.74) is 3.22. The lowest BCUT2D eigenvalue weighted by molar-refractivity contribution is 0.0919. The SMILES string of the molecule is Cc1ccc2nc(COc3cccc(C(=O)NC(C)(C)C)c3)cn2c1. The zero-order chi connectivity index (χ0) is 18.0. The van der Waals surface area contributed by atoms with Crippen LogP contribution in [0, 0.1) is 6.92 Å². The van der Waals surface area contributed by atoms with Crippen molar-refractivity contribution in [1.29, 1.82) is 0 Å². The van der Waals surface area contributed by atoms with Gasteiger partial charge < -0.3 is 14.5 Å². The topological polar surface area (TPSA) is 55.6 Å². The summed E-state index contributed by atoms with van der Waals surface area (Å²) in [4.78, 5) is 16.8. The van der Waals surface area contributed by atoms with Gasteiger partial charge >= 0.3 is 0 Å². The molecule has 25 heavy (non-hydrogen) atoms. The minimum Gasteiger partial charge on any atom is -0.487 e. The molecular formula is C20H23N3O2. The van der Waals surface area contributed by atoms with Crippen LogP contribution in [0.5, 0.6) is 5.75 Å². The molecule has 2 aromatic heterocycles. The first-order chi connectivity index (χ1) is 11.8. The van der Waals surface area contributed by atoms with Crippen LogP contribution in [-0.4, -0.2) is 20.8 Å². The number of aromatic nitrogens is 2. The maximum atomic E-state index is 12.3. The molecule has 3 rings (SSSR count). The quantitative estimate of drug-likeness (QED) is 0.789. The fourth-order valence-corrected chi connectivity index (χ4v) is 2.52. The van der Waals surface area contributed by atoms with Crippen LogP contribution in [0.1, 0.15) is 42.4 Å². The number of amides is 1. The predicted octanol–water partition coefficient (Wildman–Crippen LogP) is 3.75. The van der Waals surface area contributed by atoms with Crippen LogP contribution in [0.2, 0.25) is 0 Å². The van der Waals surface area contributed by atoms with Gasteiger partial charge in [-0.25, -0.2) is 4.98 Å². The van der Waals surface area contributed by atoms with E-state index in [9.17, 15) is 4.79 Å². The normalized spacial score (nSPS) is 11.5. The van der Waals surface area contributed by atoms with E-state index in [-0.39, 0.29) is 11.4 Å². The molecule has 0 aliphatic heterocycles. The van der Waals surface area contributed by atoms with E-state index < -0.39 is 0 Å². The Morgan fingerprint density at radius 3 is 2.76 bits per heavy atom. The van der Waals surface area contributed by atoms with E-state index in [0.717, 1.165) is 11.3 Å². The fraction of sp³-hybridized carbons (Fsp3) is 0.300. The summed E-state index contributed by atoms with van der Waals surface area (Å²) in [5, 5.41) is 2.95. The highest BCUT2D eigenvalue weighted by Gasteiger charge is 2.15. The Bertz CT molecular complexity index is 907. The number of hydrogen-bond donors (Lipinski definition) is 1. The molecule has 0 spiro atoms. The Labute approximate surface area is 147 Å². The number of nitrogens with one attached hydrogen (secondary N) is 1. The highest BCUT2D eigenvalue weighted by Crippen LogP contribution is 2.16. The van der Waals surface area contributed by atoms with E-state index in [4.69, 9.17) is 4.74 Å². The smallest absolute Gasteiger partial charge is 0.251 e. The summed E-state index contributed by atoms with van der Waals surface area (Å²) >= 11 is 0. The highest BCUT2D eigenvalue weighted by atomic mass is 16.5. The van der Waals surface area contributed by atoms with Gasteiger partial charge in [0.2, 0.25) is 0 Å². The first kappa shape index (κ1) is 17.0. The molecule has 1 amide bonds. The number of ether oxygens (including phenoxy) is 1. The first-order valence-electron chi connectivity index (χ1n) is 8.30. The monoisotopic (exact) mass is 337 g/mol. The van der Waals surface area contributed by atoms with Gasteiger partial charge in [-0.1, -0.05) is 12.1 Å². The molecule has 0 saturated heterocycles. The van der Waals surface area contributed by atoms with Crippen molar-refractivity contribution in [1.82, 2.24) is 14.7 Å². The lowest BCUT2D eigenvalue weighted by atomic mass is 10.1. The van der Waals surface area contributed by atoms with Gasteiger partial charge in [0.25, 0.3) is 5.91 Å². The first-order valence-corrected chi connectivity index (χ1v) is 8.30. The number of aryl methyl sites for hydroxylation is 1. The average Bonchev–Trinajstić information content (AvgIpc) is 2.93. The summed E-state index contributed by atoms with van der Waals surface area (Å²) < 4.78 is 7.80. The minimum absolute atomic E-state index is 0.110. The molecule has 0 aliphatic carbocycles. The van der Waals surface area contributed by atoms with Gasteiger partial charge in [0, 0.05) is 23.5 Å². The molecule has 0 radical (unpaired) electrons. The van der Waals surface area contributed by atoms with Crippen molar-refractivity contribution in [2.75, 3.05) is 0 Å². The van der Waals surface area contributed by atoms with Crippen molar-refractivity contribution in [2.45, 2.75) is 39.8 Å². The number of carbonyl (C=O) groups is 1. The molecule has 1 N–H and O–H groups in total. The van der Waals surface area contributed by atoms with Gasteiger partial charge in [0.15, 0.2) is 0 Å². The van der Waals surface area contributed by atoms with Crippen molar-refractivity contribution >= 4 is 11.6 Å². The van der Waals surface area contributed by atoms with E-state index in [1.54, 1.807) is 12.1 Å². The second kappa shape index (κ2) is 6.59. The summed E-state index contributed by atoms with van der Waals surface area (Å²) in [7, 11) is 0. The molecule has 0 fully saturated rings. The van der Waals surface area contributed by atoms with Gasteiger partial charge in [0.05, 0.1) is 5.69 Å². The second-order valence-electron chi connectivity index (χ2n) is 7.22. The Hall–Kier alpha value is -2.82. The third-order valence-corrected chi connectivity index (χ3v) is 3.62. The average molecular weight is 337 g/mol. The van der Waals surface area contributed by atoms with Crippen LogP contribution in [0.25, 0.3) is 5.65 Å². The van der Waals surface area contributed by atoms with Crippen molar-refractivity contribution in [2.24, 2.45) is 0 Å². The van der Waals surface area contributed by atoms with Gasteiger partial charge in [0.1, 0.15) is 18.0 Å². The van der Waals surface area contributed by atoms with Crippen molar-refractivity contribution < 1.29 is 9.53 Å². The van der Waals surface area contributed by atoms with Crippen LogP contribution < -0.4 is 10.1 Å². The summed E-state index contributed by atoms with van der Waals surface area (Å²) in [6.07, 6.45) is 3.99. The number of carbonyl (C=O) groups excluding carboxylic acids is 1. The highest BCUT2D eigenvalue weighted by molar-refractivity contribution is 5.95. The lowest BCUT2D eigenvalue weighted by Crippen LogP contribution is -2.40. The van der Waals surface area contributed by atoms with Crippen LogP contribution >= 0.6 is 0 Å². The third-order valence-electron chi connectivity index (χ3n) is 3.62. The molecule has 0 unspecified atom stereocenters. The van der Waals surface area contributed by atoms with Gasteiger partial charge in [-0.15, -0.1) is 0 Å². The van der Waals surface area contributed by atoms with E-state index >= 15 is 0 Å². The predicted molar refractivity (Wildman–Crippen MR) is 97.9 cm³/mol. The zero-order valence-electron chi connectivity index (χ0n) is 15.0. The van der Waals surface area contributed by atoms with Crippen LogP contribution in [0.4, 0.5) is 0 Å². The molecule has 0 atom stereocenters. The van der Waals surface area contributed by atoms with Crippen molar-refractivity contribution in [3.05, 3.63) is 65.6 Å². The van der Waals surface area contributed by atoms with Crippen LogP contribution in [0.15, 0.2) is 48.8 Å². The number of hydrogen-bond acceptors (Lipinski definition) is 3. The van der Waals surface area contributed by atoms with Crippen molar-refractivity contribution in [3.8, 4) is 5.75 Å². The van der Waals surface area contributed by atoms with Crippen LogP contribution in [-0.2, 0) is 6.61 Å². The molecule has 130 valence electrons. The molecule has 1 aromatic carbocycles. The van der Waals surface area contributed by atoms with Gasteiger partial charge in [-0.2, -0.15) is 0 Å². The van der Waals surface area contributed by atoms with E-state index in [1.165, 1.54) is 5.56 Å². The van der Waals surface area contributed by atoms with E-state index in [1.807, 2.05) is 68.8 Å². The van der Waals surface area contributed by atoms with E-state index in [0.29, 0.717) is 17.9 Å².